The molecule has 0 spiro atoms. The van der Waals surface area contributed by atoms with E-state index in [4.69, 9.17) is 0 Å². The molecule has 116 valence electrons. The Morgan fingerprint density at radius 3 is 2.90 bits per heavy atom. The van der Waals surface area contributed by atoms with E-state index in [1.54, 1.807) is 19.2 Å². The zero-order valence-electron chi connectivity index (χ0n) is 13.0. The number of rotatable bonds is 6. The van der Waals surface area contributed by atoms with Crippen molar-refractivity contribution in [2.45, 2.75) is 52.5 Å². The molecule has 5 heteroatoms. The van der Waals surface area contributed by atoms with Gasteiger partial charge in [-0.3, -0.25) is 4.79 Å². The van der Waals surface area contributed by atoms with E-state index >= 15 is 0 Å². The van der Waals surface area contributed by atoms with Crippen molar-refractivity contribution in [1.82, 2.24) is 9.78 Å². The van der Waals surface area contributed by atoms with Crippen LogP contribution in [0.2, 0.25) is 0 Å². The summed E-state index contributed by atoms with van der Waals surface area (Å²) in [5.74, 6) is 0.873. The molecule has 1 aromatic rings. The zero-order chi connectivity index (χ0) is 15.2. The van der Waals surface area contributed by atoms with Crippen molar-refractivity contribution < 1.29 is 4.79 Å². The van der Waals surface area contributed by atoms with Gasteiger partial charge >= 0.3 is 0 Å². The topological polar surface area (TPSA) is 55.2 Å². The Labute approximate surface area is 126 Å². The fourth-order valence-electron chi connectivity index (χ4n) is 2.82. The molecule has 1 saturated heterocycles. The van der Waals surface area contributed by atoms with Gasteiger partial charge in [-0.25, -0.2) is 4.68 Å². The third-order valence-corrected chi connectivity index (χ3v) is 4.03. The minimum absolute atomic E-state index is 0.0476. The van der Waals surface area contributed by atoms with Crippen LogP contribution in [0.15, 0.2) is 17.1 Å². The standard InChI is InChI=1S/C16H25N3O2/c1-13-6-5-8-18(12-13)15-10-16(21)19(17-11-15)9-4-3-7-14(2)20/h10-11,13H,3-9,12H2,1-2H3. The minimum Gasteiger partial charge on any atom is -0.370 e. The number of ketones is 1. The largest absolute Gasteiger partial charge is 0.370 e. The Hall–Kier alpha value is -1.65. The normalized spacial score (nSPS) is 18.8. The van der Waals surface area contributed by atoms with Gasteiger partial charge in [0.05, 0.1) is 11.9 Å². The molecule has 0 amide bonds. The van der Waals surface area contributed by atoms with Gasteiger partial charge in [-0.05, 0) is 38.5 Å². The summed E-state index contributed by atoms with van der Waals surface area (Å²) in [4.78, 5) is 25.2. The van der Waals surface area contributed by atoms with Gasteiger partial charge in [0.1, 0.15) is 5.78 Å². The molecule has 0 N–H and O–H groups in total. The highest BCUT2D eigenvalue weighted by Gasteiger charge is 2.17. The third kappa shape index (κ3) is 4.69. The van der Waals surface area contributed by atoms with E-state index in [2.05, 4.69) is 16.9 Å². The van der Waals surface area contributed by atoms with Crippen LogP contribution >= 0.6 is 0 Å². The summed E-state index contributed by atoms with van der Waals surface area (Å²) >= 11 is 0. The predicted octanol–water partition coefficient (Wildman–Crippen LogP) is 2.24. The lowest BCUT2D eigenvalue weighted by atomic mass is 10.00. The number of Topliss-reactive ketones (excluding diaryl/α,β-unsaturated/α-hetero) is 1. The van der Waals surface area contributed by atoms with Crippen molar-refractivity contribution in [3.63, 3.8) is 0 Å². The number of aromatic nitrogens is 2. The van der Waals surface area contributed by atoms with E-state index in [1.165, 1.54) is 17.5 Å². The second-order valence-electron chi connectivity index (χ2n) is 6.13. The van der Waals surface area contributed by atoms with Crippen molar-refractivity contribution in [2.24, 2.45) is 5.92 Å². The second-order valence-corrected chi connectivity index (χ2v) is 6.13. The Balaban J connectivity index is 1.94. The van der Waals surface area contributed by atoms with Gasteiger partial charge in [-0.2, -0.15) is 5.10 Å². The number of carbonyl (C=O) groups is 1. The van der Waals surface area contributed by atoms with Crippen LogP contribution in [-0.2, 0) is 11.3 Å². The average Bonchev–Trinajstić information content (AvgIpc) is 2.44. The van der Waals surface area contributed by atoms with Crippen LogP contribution in [0.4, 0.5) is 5.69 Å². The van der Waals surface area contributed by atoms with Crippen LogP contribution in [0.5, 0.6) is 0 Å². The van der Waals surface area contributed by atoms with Crippen molar-refractivity contribution >= 4 is 11.5 Å². The molecule has 21 heavy (non-hydrogen) atoms. The number of carbonyl (C=O) groups excluding carboxylic acids is 1. The maximum atomic E-state index is 12.1. The molecule has 2 rings (SSSR count). The van der Waals surface area contributed by atoms with Gasteiger partial charge in [0.15, 0.2) is 0 Å². The number of piperidine rings is 1. The van der Waals surface area contributed by atoms with E-state index in [9.17, 15) is 9.59 Å². The molecule has 1 aliphatic heterocycles. The Morgan fingerprint density at radius 1 is 1.43 bits per heavy atom. The van der Waals surface area contributed by atoms with Crippen LogP contribution < -0.4 is 10.5 Å². The molecule has 0 radical (unpaired) electrons. The molecule has 0 bridgehead atoms. The van der Waals surface area contributed by atoms with Crippen LogP contribution in [0, 0.1) is 5.92 Å². The quantitative estimate of drug-likeness (QED) is 0.754. The van der Waals surface area contributed by atoms with E-state index in [-0.39, 0.29) is 11.3 Å². The highest BCUT2D eigenvalue weighted by Crippen LogP contribution is 2.20. The highest BCUT2D eigenvalue weighted by molar-refractivity contribution is 5.75. The Morgan fingerprint density at radius 2 is 2.24 bits per heavy atom. The first-order chi connectivity index (χ1) is 10.1. The number of unbranched alkanes of at least 4 members (excludes halogenated alkanes) is 1. The molecular weight excluding hydrogens is 266 g/mol. The van der Waals surface area contributed by atoms with E-state index < -0.39 is 0 Å². The Bertz CT molecular complexity index is 539. The van der Waals surface area contributed by atoms with Crippen molar-refractivity contribution in [3.05, 3.63) is 22.6 Å². The summed E-state index contributed by atoms with van der Waals surface area (Å²) < 4.78 is 1.50. The van der Waals surface area contributed by atoms with Crippen molar-refractivity contribution in [1.29, 1.82) is 0 Å². The minimum atomic E-state index is -0.0476. The highest BCUT2D eigenvalue weighted by atomic mass is 16.1. The van der Waals surface area contributed by atoms with E-state index in [0.29, 0.717) is 18.9 Å². The van der Waals surface area contributed by atoms with E-state index in [1.807, 2.05) is 0 Å². The van der Waals surface area contributed by atoms with Gasteiger partial charge in [-0.15, -0.1) is 0 Å². The van der Waals surface area contributed by atoms with Gasteiger partial charge in [0.25, 0.3) is 5.56 Å². The molecule has 1 aromatic heterocycles. The molecule has 1 fully saturated rings. The number of anilines is 1. The first-order valence-electron chi connectivity index (χ1n) is 7.88. The van der Waals surface area contributed by atoms with Gasteiger partial charge in [0.2, 0.25) is 0 Å². The molecule has 0 aromatic carbocycles. The summed E-state index contributed by atoms with van der Waals surface area (Å²) in [5, 5.41) is 4.27. The van der Waals surface area contributed by atoms with Crippen LogP contribution in [-0.4, -0.2) is 28.7 Å². The lowest BCUT2D eigenvalue weighted by molar-refractivity contribution is -0.117. The summed E-state index contributed by atoms with van der Waals surface area (Å²) in [6.07, 6.45) is 6.44. The van der Waals surface area contributed by atoms with Crippen molar-refractivity contribution in [2.75, 3.05) is 18.0 Å². The van der Waals surface area contributed by atoms with Crippen LogP contribution in [0.3, 0.4) is 0 Å². The van der Waals surface area contributed by atoms with Crippen LogP contribution in [0.1, 0.15) is 46.0 Å². The number of nitrogens with zero attached hydrogens (tertiary/aromatic N) is 3. The number of hydrogen-bond donors (Lipinski definition) is 0. The molecule has 5 nitrogen and oxygen atoms in total. The number of hydrogen-bond acceptors (Lipinski definition) is 4. The monoisotopic (exact) mass is 291 g/mol. The van der Waals surface area contributed by atoms with Gasteiger partial charge in [0, 0.05) is 32.1 Å². The molecule has 1 aliphatic rings. The molecule has 0 saturated carbocycles. The molecule has 2 heterocycles. The molecule has 1 atom stereocenters. The third-order valence-electron chi connectivity index (χ3n) is 4.03. The fraction of sp³-hybridized carbons (Fsp3) is 0.688. The summed E-state index contributed by atoms with van der Waals surface area (Å²) in [6.45, 7) is 6.44. The van der Waals surface area contributed by atoms with Crippen molar-refractivity contribution in [3.8, 4) is 0 Å². The molecule has 1 unspecified atom stereocenters. The second kappa shape index (κ2) is 7.38. The summed E-state index contributed by atoms with van der Waals surface area (Å²) in [7, 11) is 0. The average molecular weight is 291 g/mol. The van der Waals surface area contributed by atoms with E-state index in [0.717, 1.165) is 31.6 Å². The fourth-order valence-corrected chi connectivity index (χ4v) is 2.82. The van der Waals surface area contributed by atoms with Crippen LogP contribution in [0.25, 0.3) is 0 Å². The van der Waals surface area contributed by atoms with Gasteiger partial charge < -0.3 is 9.69 Å². The Kier molecular flexibility index (Phi) is 5.53. The smallest absolute Gasteiger partial charge is 0.268 e. The maximum Gasteiger partial charge on any atom is 0.268 e. The SMILES string of the molecule is CC(=O)CCCCn1ncc(N2CCCC(C)C2)cc1=O. The summed E-state index contributed by atoms with van der Waals surface area (Å²) in [5.41, 5.74) is 0.889. The zero-order valence-corrected chi connectivity index (χ0v) is 13.0. The first kappa shape index (κ1) is 15.7. The molecule has 0 aliphatic carbocycles. The maximum absolute atomic E-state index is 12.1. The summed E-state index contributed by atoms with van der Waals surface area (Å²) in [6, 6.07) is 1.69. The predicted molar refractivity (Wildman–Crippen MR) is 83.6 cm³/mol. The first-order valence-corrected chi connectivity index (χ1v) is 7.88. The lowest BCUT2D eigenvalue weighted by Gasteiger charge is -2.32. The molecular formula is C16H25N3O2. The number of aryl methyl sites for hydroxylation is 1. The van der Waals surface area contributed by atoms with Gasteiger partial charge in [-0.1, -0.05) is 6.92 Å². The lowest BCUT2D eigenvalue weighted by Crippen LogP contribution is -2.35.